The molecule has 0 spiro atoms. The maximum absolute atomic E-state index is 11.5. The summed E-state index contributed by atoms with van der Waals surface area (Å²) in [5.74, 6) is -0.513. The number of ether oxygens (including phenoxy) is 2. The molecule has 1 heterocycles. The van der Waals surface area contributed by atoms with E-state index < -0.39 is 5.97 Å². The summed E-state index contributed by atoms with van der Waals surface area (Å²) in [4.78, 5) is 11.5. The maximum Gasteiger partial charge on any atom is 0.348 e. The van der Waals surface area contributed by atoms with Crippen molar-refractivity contribution in [3.05, 3.63) is 11.1 Å². The third kappa shape index (κ3) is 3.07. The molecule has 0 amide bonds. The van der Waals surface area contributed by atoms with Crippen LogP contribution in [0, 0.1) is 11.3 Å². The first kappa shape index (κ1) is 12.7. The van der Waals surface area contributed by atoms with Crippen LogP contribution >= 0.6 is 0 Å². The number of nitrogens with zero attached hydrogens (tertiary/aromatic N) is 1. The molecule has 0 unspecified atom stereocenters. The van der Waals surface area contributed by atoms with E-state index in [2.05, 4.69) is 0 Å². The van der Waals surface area contributed by atoms with E-state index in [1.54, 1.807) is 6.92 Å². The molecule has 0 saturated carbocycles. The van der Waals surface area contributed by atoms with Crippen LogP contribution in [0.1, 0.15) is 33.6 Å². The first-order valence-corrected chi connectivity index (χ1v) is 5.53. The average Bonchev–Trinajstić information content (AvgIpc) is 2.17. The number of rotatable bonds is 2. The van der Waals surface area contributed by atoms with Gasteiger partial charge in [0.2, 0.25) is 0 Å². The van der Waals surface area contributed by atoms with Gasteiger partial charge >= 0.3 is 5.97 Å². The molecular weight excluding hydrogens is 206 g/mol. The monoisotopic (exact) mass is 223 g/mol. The van der Waals surface area contributed by atoms with Gasteiger partial charge in [0.15, 0.2) is 0 Å². The first-order chi connectivity index (χ1) is 7.58. The van der Waals surface area contributed by atoms with Crippen molar-refractivity contribution < 1.29 is 14.3 Å². The van der Waals surface area contributed by atoms with Crippen LogP contribution in [0.3, 0.4) is 0 Å². The Hall–Kier alpha value is -1.34. The maximum atomic E-state index is 11.5. The highest BCUT2D eigenvalue weighted by Crippen LogP contribution is 2.26. The number of carbonyl (C=O) groups is 1. The zero-order chi connectivity index (χ0) is 12.1. The topological polar surface area (TPSA) is 59.3 Å². The minimum atomic E-state index is -0.513. The molecule has 1 rings (SSSR count). The van der Waals surface area contributed by atoms with E-state index in [1.165, 1.54) is 0 Å². The molecular formula is C12H17NO3. The molecule has 0 aromatic carbocycles. The largest absolute Gasteiger partial charge is 0.462 e. The predicted octanol–water partition coefficient (Wildman–Crippen LogP) is 1.96. The van der Waals surface area contributed by atoms with E-state index in [0.29, 0.717) is 19.4 Å². The van der Waals surface area contributed by atoms with Crippen molar-refractivity contribution in [1.29, 1.82) is 5.26 Å². The van der Waals surface area contributed by atoms with E-state index in [0.717, 1.165) is 5.57 Å². The summed E-state index contributed by atoms with van der Waals surface area (Å²) >= 11 is 0. The van der Waals surface area contributed by atoms with Gasteiger partial charge in [-0.1, -0.05) is 0 Å². The third-order valence-corrected chi connectivity index (χ3v) is 2.48. The molecule has 4 heteroatoms. The molecule has 1 fully saturated rings. The molecule has 2 atom stereocenters. The lowest BCUT2D eigenvalue weighted by atomic mass is 9.94. The predicted molar refractivity (Wildman–Crippen MR) is 58.5 cm³/mol. The van der Waals surface area contributed by atoms with E-state index in [4.69, 9.17) is 14.7 Å². The summed E-state index contributed by atoms with van der Waals surface area (Å²) in [5.41, 5.74) is 1.01. The Morgan fingerprint density at radius 1 is 1.50 bits per heavy atom. The van der Waals surface area contributed by atoms with Crippen molar-refractivity contribution in [2.24, 2.45) is 0 Å². The zero-order valence-corrected chi connectivity index (χ0v) is 9.95. The lowest BCUT2D eigenvalue weighted by Gasteiger charge is -2.27. The highest BCUT2D eigenvalue weighted by Gasteiger charge is 2.25. The van der Waals surface area contributed by atoms with E-state index in [-0.39, 0.29) is 17.8 Å². The summed E-state index contributed by atoms with van der Waals surface area (Å²) in [5, 5.41) is 9.00. The number of nitriles is 1. The standard InChI is InChI=1S/C12H17NO3/c1-4-15-12(14)11(7-13)10-5-8(2)16-9(3)6-10/h8-9H,4-6H2,1-3H3/t8-,9+. The second-order valence-electron chi connectivity index (χ2n) is 3.98. The SMILES string of the molecule is CCOC(=O)C(C#N)=C1C[C@@H](C)O[C@@H](C)C1. The summed E-state index contributed by atoms with van der Waals surface area (Å²) in [6.45, 7) is 5.90. The van der Waals surface area contributed by atoms with Crippen LogP contribution in [0.5, 0.6) is 0 Å². The number of hydrogen-bond acceptors (Lipinski definition) is 4. The quantitative estimate of drug-likeness (QED) is 0.408. The summed E-state index contributed by atoms with van der Waals surface area (Å²) in [7, 11) is 0. The fraction of sp³-hybridized carbons (Fsp3) is 0.667. The van der Waals surface area contributed by atoms with Crippen LogP contribution in [0.2, 0.25) is 0 Å². The van der Waals surface area contributed by atoms with Crippen LogP contribution in [0.4, 0.5) is 0 Å². The smallest absolute Gasteiger partial charge is 0.348 e. The molecule has 1 saturated heterocycles. The molecule has 88 valence electrons. The normalized spacial score (nSPS) is 28.1. The lowest BCUT2D eigenvalue weighted by molar-refractivity contribution is -0.138. The Labute approximate surface area is 95.8 Å². The van der Waals surface area contributed by atoms with Crippen molar-refractivity contribution in [1.82, 2.24) is 0 Å². The van der Waals surface area contributed by atoms with Gasteiger partial charge in [-0.2, -0.15) is 5.26 Å². The summed E-state index contributed by atoms with van der Waals surface area (Å²) < 4.78 is 10.4. The van der Waals surface area contributed by atoms with Gasteiger partial charge in [-0.05, 0) is 39.2 Å². The molecule has 4 nitrogen and oxygen atoms in total. The second kappa shape index (κ2) is 5.66. The third-order valence-electron chi connectivity index (χ3n) is 2.48. The van der Waals surface area contributed by atoms with Gasteiger partial charge in [0.25, 0.3) is 0 Å². The molecule has 0 aliphatic carbocycles. The Balaban J connectivity index is 2.90. The molecule has 1 aliphatic rings. The molecule has 0 N–H and O–H groups in total. The highest BCUT2D eigenvalue weighted by atomic mass is 16.5. The van der Waals surface area contributed by atoms with Crippen molar-refractivity contribution in [3.8, 4) is 6.07 Å². The molecule has 1 aliphatic heterocycles. The van der Waals surface area contributed by atoms with Crippen LogP contribution < -0.4 is 0 Å². The van der Waals surface area contributed by atoms with Gasteiger partial charge in [0.1, 0.15) is 11.6 Å². The Bertz CT molecular complexity index is 329. The summed E-state index contributed by atoms with van der Waals surface area (Å²) in [6, 6.07) is 1.95. The van der Waals surface area contributed by atoms with Crippen molar-refractivity contribution >= 4 is 5.97 Å². The zero-order valence-electron chi connectivity index (χ0n) is 9.95. The van der Waals surface area contributed by atoms with Gasteiger partial charge in [0.05, 0.1) is 18.8 Å². The van der Waals surface area contributed by atoms with Gasteiger partial charge in [0, 0.05) is 0 Å². The van der Waals surface area contributed by atoms with Gasteiger partial charge in [-0.15, -0.1) is 0 Å². The van der Waals surface area contributed by atoms with E-state index in [9.17, 15) is 4.79 Å². The fourth-order valence-corrected chi connectivity index (χ4v) is 1.95. The van der Waals surface area contributed by atoms with E-state index in [1.807, 2.05) is 19.9 Å². The molecule has 0 aromatic heterocycles. The molecule has 0 bridgehead atoms. The van der Waals surface area contributed by atoms with Gasteiger partial charge in [-0.3, -0.25) is 0 Å². The number of hydrogen-bond donors (Lipinski definition) is 0. The minimum absolute atomic E-state index is 0.0523. The first-order valence-electron chi connectivity index (χ1n) is 5.53. The summed E-state index contributed by atoms with van der Waals surface area (Å²) in [6.07, 6.45) is 1.37. The van der Waals surface area contributed by atoms with Crippen molar-refractivity contribution in [2.75, 3.05) is 6.61 Å². The Morgan fingerprint density at radius 3 is 2.50 bits per heavy atom. The van der Waals surface area contributed by atoms with Crippen LogP contribution in [-0.2, 0) is 14.3 Å². The van der Waals surface area contributed by atoms with Crippen molar-refractivity contribution in [3.63, 3.8) is 0 Å². The second-order valence-corrected chi connectivity index (χ2v) is 3.98. The van der Waals surface area contributed by atoms with Crippen molar-refractivity contribution in [2.45, 2.75) is 45.8 Å². The number of carbonyl (C=O) groups excluding carboxylic acids is 1. The Kier molecular flexibility index (Phi) is 4.51. The van der Waals surface area contributed by atoms with Crippen LogP contribution in [0.25, 0.3) is 0 Å². The van der Waals surface area contributed by atoms with E-state index >= 15 is 0 Å². The minimum Gasteiger partial charge on any atom is -0.462 e. The number of esters is 1. The molecule has 16 heavy (non-hydrogen) atoms. The fourth-order valence-electron chi connectivity index (χ4n) is 1.95. The van der Waals surface area contributed by atoms with Crippen LogP contribution in [-0.4, -0.2) is 24.8 Å². The molecule has 0 radical (unpaired) electrons. The van der Waals surface area contributed by atoms with Gasteiger partial charge in [-0.25, -0.2) is 4.79 Å². The Morgan fingerprint density at radius 2 is 2.06 bits per heavy atom. The van der Waals surface area contributed by atoms with Gasteiger partial charge < -0.3 is 9.47 Å². The van der Waals surface area contributed by atoms with Crippen LogP contribution in [0.15, 0.2) is 11.1 Å². The molecule has 0 aromatic rings. The lowest BCUT2D eigenvalue weighted by Crippen LogP contribution is -2.26. The highest BCUT2D eigenvalue weighted by molar-refractivity contribution is 5.93. The average molecular weight is 223 g/mol.